The van der Waals surface area contributed by atoms with E-state index in [1.165, 1.54) is 0 Å². The molecule has 116 valence electrons. The number of hydrogen-bond acceptors (Lipinski definition) is 4. The van der Waals surface area contributed by atoms with Crippen LogP contribution in [0.25, 0.3) is 0 Å². The molecule has 0 aliphatic heterocycles. The first-order valence-electron chi connectivity index (χ1n) is 6.91. The highest BCUT2D eigenvalue weighted by Gasteiger charge is 2.21. The van der Waals surface area contributed by atoms with Crippen molar-refractivity contribution in [2.75, 3.05) is 32.1 Å². The highest BCUT2D eigenvalue weighted by atomic mass is 32.1. The number of benzene rings is 1. The predicted octanol–water partition coefficient (Wildman–Crippen LogP) is 1.64. The molecule has 0 saturated carbocycles. The van der Waals surface area contributed by atoms with Gasteiger partial charge in [0.1, 0.15) is 0 Å². The highest BCUT2D eigenvalue weighted by Crippen LogP contribution is 2.08. The number of nitrogens with two attached hydrogens (primary N) is 1. The van der Waals surface area contributed by atoms with Crippen molar-refractivity contribution < 1.29 is 9.53 Å². The van der Waals surface area contributed by atoms with Crippen LogP contribution >= 0.6 is 12.2 Å². The minimum Gasteiger partial charge on any atom is -0.393 e. The van der Waals surface area contributed by atoms with Gasteiger partial charge in [0.25, 0.3) is 0 Å². The van der Waals surface area contributed by atoms with E-state index in [2.05, 4.69) is 5.32 Å². The summed E-state index contributed by atoms with van der Waals surface area (Å²) in [6, 6.07) is 9.12. The number of para-hydroxylation sites is 1. The Labute approximate surface area is 131 Å². The molecular weight excluding hydrogens is 286 g/mol. The fourth-order valence-corrected chi connectivity index (χ4v) is 1.99. The summed E-state index contributed by atoms with van der Waals surface area (Å²) in [6.45, 7) is 3.72. The first-order chi connectivity index (χ1) is 10.0. The van der Waals surface area contributed by atoms with E-state index in [0.29, 0.717) is 31.1 Å². The van der Waals surface area contributed by atoms with Crippen LogP contribution in [0.3, 0.4) is 0 Å². The molecule has 0 bridgehead atoms. The van der Waals surface area contributed by atoms with Crippen molar-refractivity contribution in [1.82, 2.24) is 4.90 Å². The number of carbonyl (C=O) groups is 1. The van der Waals surface area contributed by atoms with E-state index < -0.39 is 0 Å². The van der Waals surface area contributed by atoms with Crippen molar-refractivity contribution in [3.05, 3.63) is 30.3 Å². The van der Waals surface area contributed by atoms with Gasteiger partial charge in [-0.3, -0.25) is 9.69 Å². The first kappa shape index (κ1) is 17.6. The van der Waals surface area contributed by atoms with Crippen LogP contribution in [-0.2, 0) is 9.53 Å². The smallest absolute Gasteiger partial charge is 0.241 e. The number of amides is 1. The molecule has 1 aromatic rings. The largest absolute Gasteiger partial charge is 0.393 e. The Bertz CT molecular complexity index is 453. The molecule has 0 aliphatic carbocycles. The molecule has 1 rings (SSSR count). The highest BCUT2D eigenvalue weighted by molar-refractivity contribution is 7.80. The van der Waals surface area contributed by atoms with Crippen molar-refractivity contribution in [3.8, 4) is 0 Å². The number of anilines is 1. The Morgan fingerprint density at radius 2 is 2.05 bits per heavy atom. The summed E-state index contributed by atoms with van der Waals surface area (Å²) in [5.74, 6) is -0.0553. The molecule has 0 aliphatic rings. The average Bonchev–Trinajstić information content (AvgIpc) is 2.47. The SMILES string of the molecule is COCCN(CCC(N)=S)C(C)C(=O)Nc1ccccc1. The van der Waals surface area contributed by atoms with Gasteiger partial charge in [-0.15, -0.1) is 0 Å². The molecule has 1 atom stereocenters. The Balaban J connectivity index is 2.62. The molecule has 21 heavy (non-hydrogen) atoms. The van der Waals surface area contributed by atoms with Crippen LogP contribution in [0.5, 0.6) is 0 Å². The fraction of sp³-hybridized carbons (Fsp3) is 0.467. The zero-order valence-electron chi connectivity index (χ0n) is 12.5. The van der Waals surface area contributed by atoms with Gasteiger partial charge in [0.2, 0.25) is 5.91 Å². The monoisotopic (exact) mass is 309 g/mol. The van der Waals surface area contributed by atoms with Crippen LogP contribution in [0.1, 0.15) is 13.3 Å². The summed E-state index contributed by atoms with van der Waals surface area (Å²) in [4.78, 5) is 14.8. The summed E-state index contributed by atoms with van der Waals surface area (Å²) in [6.07, 6.45) is 0.585. The van der Waals surface area contributed by atoms with E-state index >= 15 is 0 Å². The topological polar surface area (TPSA) is 67.6 Å². The van der Waals surface area contributed by atoms with Gasteiger partial charge in [-0.2, -0.15) is 0 Å². The number of hydrogen-bond donors (Lipinski definition) is 2. The van der Waals surface area contributed by atoms with Crippen molar-refractivity contribution in [2.45, 2.75) is 19.4 Å². The zero-order valence-corrected chi connectivity index (χ0v) is 13.4. The summed E-state index contributed by atoms with van der Waals surface area (Å²) in [5, 5.41) is 2.90. The number of thiocarbonyl (C=S) groups is 1. The van der Waals surface area contributed by atoms with Crippen LogP contribution < -0.4 is 11.1 Å². The van der Waals surface area contributed by atoms with Crippen LogP contribution in [0.2, 0.25) is 0 Å². The van der Waals surface area contributed by atoms with Gasteiger partial charge >= 0.3 is 0 Å². The lowest BCUT2D eigenvalue weighted by Gasteiger charge is -2.27. The van der Waals surface area contributed by atoms with E-state index in [4.69, 9.17) is 22.7 Å². The Kier molecular flexibility index (Phi) is 7.89. The van der Waals surface area contributed by atoms with Gasteiger partial charge in [0.15, 0.2) is 0 Å². The maximum absolute atomic E-state index is 12.3. The third kappa shape index (κ3) is 6.66. The molecule has 0 fully saturated rings. The Morgan fingerprint density at radius 3 is 2.62 bits per heavy atom. The normalized spacial score (nSPS) is 12.1. The second kappa shape index (κ2) is 9.44. The summed E-state index contributed by atoms with van der Waals surface area (Å²) >= 11 is 4.90. The lowest BCUT2D eigenvalue weighted by Crippen LogP contribution is -2.44. The molecule has 0 radical (unpaired) electrons. The molecular formula is C15H23N3O2S. The maximum Gasteiger partial charge on any atom is 0.241 e. The standard InChI is InChI=1S/C15H23N3O2S/c1-12(15(19)17-13-6-4-3-5-7-13)18(10-11-20-2)9-8-14(16)21/h3-7,12H,8-11H2,1-2H3,(H2,16,21)(H,17,19). The first-order valence-corrected chi connectivity index (χ1v) is 7.32. The van der Waals surface area contributed by atoms with Gasteiger partial charge in [-0.05, 0) is 19.1 Å². The molecule has 0 saturated heterocycles. The van der Waals surface area contributed by atoms with Crippen LogP contribution in [-0.4, -0.2) is 48.6 Å². The molecule has 5 nitrogen and oxygen atoms in total. The molecule has 6 heteroatoms. The van der Waals surface area contributed by atoms with Gasteiger partial charge in [-0.1, -0.05) is 30.4 Å². The second-order valence-electron chi connectivity index (χ2n) is 4.78. The van der Waals surface area contributed by atoms with Gasteiger partial charge in [0.05, 0.1) is 17.6 Å². The van der Waals surface area contributed by atoms with E-state index in [1.54, 1.807) is 7.11 Å². The summed E-state index contributed by atoms with van der Waals surface area (Å²) < 4.78 is 5.09. The average molecular weight is 309 g/mol. The molecule has 1 aromatic carbocycles. The molecule has 0 heterocycles. The molecule has 0 spiro atoms. The maximum atomic E-state index is 12.3. The minimum absolute atomic E-state index is 0.0553. The van der Waals surface area contributed by atoms with E-state index in [1.807, 2.05) is 42.2 Å². The van der Waals surface area contributed by atoms with Gasteiger partial charge < -0.3 is 15.8 Å². The third-order valence-corrected chi connectivity index (χ3v) is 3.40. The van der Waals surface area contributed by atoms with Crippen LogP contribution in [0.15, 0.2) is 30.3 Å². The van der Waals surface area contributed by atoms with Crippen LogP contribution in [0, 0.1) is 0 Å². The van der Waals surface area contributed by atoms with Gasteiger partial charge in [-0.25, -0.2) is 0 Å². The Hall–Kier alpha value is -1.50. The van der Waals surface area contributed by atoms with Crippen molar-refractivity contribution in [2.24, 2.45) is 5.73 Å². The van der Waals surface area contributed by atoms with E-state index in [9.17, 15) is 4.79 Å². The molecule has 3 N–H and O–H groups in total. The van der Waals surface area contributed by atoms with E-state index in [0.717, 1.165) is 5.69 Å². The van der Waals surface area contributed by atoms with Crippen molar-refractivity contribution >= 4 is 28.8 Å². The molecule has 0 aromatic heterocycles. The lowest BCUT2D eigenvalue weighted by molar-refractivity contribution is -0.120. The number of rotatable bonds is 9. The summed E-state index contributed by atoms with van der Waals surface area (Å²) in [5.41, 5.74) is 6.33. The number of methoxy groups -OCH3 is 1. The lowest BCUT2D eigenvalue weighted by atomic mass is 10.2. The quantitative estimate of drug-likeness (QED) is 0.679. The molecule has 1 amide bonds. The summed E-state index contributed by atoms with van der Waals surface area (Å²) in [7, 11) is 1.64. The molecule has 1 unspecified atom stereocenters. The van der Waals surface area contributed by atoms with Crippen molar-refractivity contribution in [3.63, 3.8) is 0 Å². The fourth-order valence-electron chi connectivity index (χ4n) is 1.90. The number of carbonyl (C=O) groups excluding carboxylic acids is 1. The second-order valence-corrected chi connectivity index (χ2v) is 5.30. The third-order valence-electron chi connectivity index (χ3n) is 3.20. The Morgan fingerprint density at radius 1 is 1.38 bits per heavy atom. The predicted molar refractivity (Wildman–Crippen MR) is 89.4 cm³/mol. The number of nitrogens with one attached hydrogen (secondary N) is 1. The zero-order chi connectivity index (χ0) is 15.7. The van der Waals surface area contributed by atoms with Crippen molar-refractivity contribution in [1.29, 1.82) is 0 Å². The van der Waals surface area contributed by atoms with Crippen LogP contribution in [0.4, 0.5) is 5.69 Å². The van der Waals surface area contributed by atoms with Gasteiger partial charge in [0, 0.05) is 32.3 Å². The minimum atomic E-state index is -0.283. The number of ether oxygens (including phenoxy) is 1. The van der Waals surface area contributed by atoms with E-state index in [-0.39, 0.29) is 11.9 Å². The number of nitrogens with zero attached hydrogens (tertiary/aromatic N) is 1.